The minimum absolute atomic E-state index is 0.0737. The second-order valence-electron chi connectivity index (χ2n) is 3.86. The van der Waals surface area contributed by atoms with Gasteiger partial charge >= 0.3 is 5.97 Å². The molecule has 20 heavy (non-hydrogen) atoms. The Morgan fingerprint density at radius 1 is 1.70 bits per heavy atom. The van der Waals surface area contributed by atoms with Crippen LogP contribution in [0.2, 0.25) is 0 Å². The van der Waals surface area contributed by atoms with Crippen molar-refractivity contribution >= 4 is 23.3 Å². The number of ether oxygens (including phenoxy) is 1. The van der Waals surface area contributed by atoms with Crippen LogP contribution in [0.25, 0.3) is 0 Å². The molecule has 1 atom stereocenters. The third-order valence-corrected chi connectivity index (χ3v) is 3.29. The number of aromatic nitrogens is 1. The third-order valence-electron chi connectivity index (χ3n) is 2.61. The number of hydrogen-bond acceptors (Lipinski definition) is 6. The average Bonchev–Trinajstić information content (AvgIpc) is 3.09. The summed E-state index contributed by atoms with van der Waals surface area (Å²) < 4.78 is 10.4. The maximum atomic E-state index is 12.5. The molecule has 2 aromatic rings. The van der Waals surface area contributed by atoms with Gasteiger partial charge in [-0.25, -0.2) is 9.78 Å². The van der Waals surface area contributed by atoms with Crippen LogP contribution in [-0.4, -0.2) is 23.5 Å². The Bertz CT molecular complexity index is 546. The largest absolute Gasteiger partial charge is 0.464 e. The predicted molar refractivity (Wildman–Crippen MR) is 73.3 cm³/mol. The van der Waals surface area contributed by atoms with Crippen molar-refractivity contribution in [3.05, 3.63) is 40.7 Å². The summed E-state index contributed by atoms with van der Waals surface area (Å²) in [5, 5.41) is 13.6. The van der Waals surface area contributed by atoms with Gasteiger partial charge in [-0.15, -0.1) is 0 Å². The summed E-state index contributed by atoms with van der Waals surface area (Å²) in [4.78, 5) is 16.5. The first-order chi connectivity index (χ1) is 9.61. The summed E-state index contributed by atoms with van der Waals surface area (Å²) in [6.45, 7) is 1.88. The van der Waals surface area contributed by atoms with Gasteiger partial charge in [0.25, 0.3) is 0 Å². The predicted octanol–water partition coefficient (Wildman–Crippen LogP) is 1.03. The van der Waals surface area contributed by atoms with E-state index in [-0.39, 0.29) is 18.5 Å². The van der Waals surface area contributed by atoms with E-state index < -0.39 is 11.5 Å². The van der Waals surface area contributed by atoms with Gasteiger partial charge in [0.05, 0.1) is 12.8 Å². The highest BCUT2D eigenvalue weighted by atomic mass is 32.1. The van der Waals surface area contributed by atoms with Crippen LogP contribution in [0.3, 0.4) is 0 Å². The molecule has 1 unspecified atom stereocenters. The van der Waals surface area contributed by atoms with Gasteiger partial charge in [-0.1, -0.05) is 0 Å². The van der Waals surface area contributed by atoms with E-state index in [9.17, 15) is 4.79 Å². The van der Waals surface area contributed by atoms with Crippen molar-refractivity contribution in [3.8, 4) is 0 Å². The zero-order chi connectivity index (χ0) is 14.6. The molecule has 0 aliphatic heterocycles. The van der Waals surface area contributed by atoms with Crippen molar-refractivity contribution in [1.29, 1.82) is 5.41 Å². The third kappa shape index (κ3) is 2.37. The first-order valence-corrected chi connectivity index (χ1v) is 6.77. The molecule has 7 nitrogen and oxygen atoms in total. The molecule has 0 saturated heterocycles. The van der Waals surface area contributed by atoms with Crippen molar-refractivity contribution in [1.82, 2.24) is 10.3 Å². The smallest absolute Gasteiger partial charge is 0.346 e. The molecule has 0 bridgehead atoms. The molecule has 0 saturated carbocycles. The molecule has 0 aliphatic rings. The molecule has 0 amide bonds. The van der Waals surface area contributed by atoms with Gasteiger partial charge in [0.15, 0.2) is 5.96 Å². The van der Waals surface area contributed by atoms with E-state index in [0.29, 0.717) is 5.56 Å². The Kier molecular flexibility index (Phi) is 4.04. The summed E-state index contributed by atoms with van der Waals surface area (Å²) in [6.07, 6.45) is 2.76. The summed E-state index contributed by atoms with van der Waals surface area (Å²) >= 11 is 1.40. The highest BCUT2D eigenvalue weighted by Gasteiger charge is 2.49. The van der Waals surface area contributed by atoms with Crippen molar-refractivity contribution in [2.75, 3.05) is 6.61 Å². The van der Waals surface area contributed by atoms with E-state index in [0.717, 1.165) is 0 Å². The Morgan fingerprint density at radius 3 is 3.00 bits per heavy atom. The van der Waals surface area contributed by atoms with E-state index in [1.54, 1.807) is 23.8 Å². The standard InChI is InChI=1S/C12H14N4O3S/c1-2-18-10(17)12(16-11(13)14,8-3-6-20-7-8)9-15-4-5-19-9/h3-7H,2H2,1H3,(H4,13,14,16). The van der Waals surface area contributed by atoms with Gasteiger partial charge in [-0.2, -0.15) is 11.3 Å². The lowest BCUT2D eigenvalue weighted by Crippen LogP contribution is -2.55. The first-order valence-electron chi connectivity index (χ1n) is 5.83. The van der Waals surface area contributed by atoms with Crippen molar-refractivity contribution in [2.45, 2.75) is 12.5 Å². The zero-order valence-corrected chi connectivity index (χ0v) is 11.6. The molecule has 4 N–H and O–H groups in total. The lowest BCUT2D eigenvalue weighted by Gasteiger charge is -2.28. The Labute approximate surface area is 119 Å². The van der Waals surface area contributed by atoms with E-state index in [4.69, 9.17) is 20.3 Å². The molecular weight excluding hydrogens is 280 g/mol. The van der Waals surface area contributed by atoms with Gasteiger partial charge in [0, 0.05) is 5.56 Å². The Morgan fingerprint density at radius 2 is 2.50 bits per heavy atom. The van der Waals surface area contributed by atoms with Gasteiger partial charge < -0.3 is 20.2 Å². The molecule has 0 spiro atoms. The Hall–Kier alpha value is -2.35. The SMILES string of the molecule is CCOC(=O)C(NC(=N)N)(c1ccsc1)c1ncco1. The van der Waals surface area contributed by atoms with E-state index in [2.05, 4.69) is 10.3 Å². The molecule has 8 heteroatoms. The van der Waals surface area contributed by atoms with Crippen LogP contribution in [0.1, 0.15) is 18.4 Å². The van der Waals surface area contributed by atoms with Crippen molar-refractivity contribution in [2.24, 2.45) is 5.73 Å². The lowest BCUT2D eigenvalue weighted by atomic mass is 9.92. The fourth-order valence-electron chi connectivity index (χ4n) is 1.83. The highest BCUT2D eigenvalue weighted by molar-refractivity contribution is 7.08. The second-order valence-corrected chi connectivity index (χ2v) is 4.64. The summed E-state index contributed by atoms with van der Waals surface area (Å²) in [6, 6.07) is 1.72. The van der Waals surface area contributed by atoms with Gasteiger partial charge in [0.2, 0.25) is 11.4 Å². The number of rotatable bonds is 5. The molecule has 0 aliphatic carbocycles. The molecule has 0 aromatic carbocycles. The highest BCUT2D eigenvalue weighted by Crippen LogP contribution is 2.31. The fourth-order valence-corrected chi connectivity index (χ4v) is 2.54. The molecule has 2 heterocycles. The number of esters is 1. The number of guanidine groups is 1. The van der Waals surface area contributed by atoms with Crippen LogP contribution >= 0.6 is 11.3 Å². The first kappa shape index (κ1) is 14.1. The van der Waals surface area contributed by atoms with Crippen LogP contribution in [-0.2, 0) is 15.1 Å². The van der Waals surface area contributed by atoms with E-state index in [1.165, 1.54) is 23.8 Å². The minimum Gasteiger partial charge on any atom is -0.464 e. The van der Waals surface area contributed by atoms with Crippen molar-refractivity contribution in [3.63, 3.8) is 0 Å². The maximum absolute atomic E-state index is 12.5. The summed E-state index contributed by atoms with van der Waals surface area (Å²) in [5.41, 5.74) is 4.43. The number of nitrogens with one attached hydrogen (secondary N) is 2. The second kappa shape index (κ2) is 5.74. The lowest BCUT2D eigenvalue weighted by molar-refractivity contribution is -0.150. The van der Waals surface area contributed by atoms with E-state index >= 15 is 0 Å². The van der Waals surface area contributed by atoms with Gasteiger partial charge in [-0.3, -0.25) is 5.41 Å². The molecule has 0 radical (unpaired) electrons. The molecular formula is C12H14N4O3S. The number of carbonyl (C=O) groups is 1. The molecule has 106 valence electrons. The van der Waals surface area contributed by atoms with Crippen LogP contribution in [0, 0.1) is 5.41 Å². The van der Waals surface area contributed by atoms with Gasteiger partial charge in [-0.05, 0) is 23.8 Å². The number of oxazole rings is 1. The minimum atomic E-state index is -1.55. The topological polar surface area (TPSA) is 114 Å². The maximum Gasteiger partial charge on any atom is 0.346 e. The number of carbonyl (C=O) groups excluding carboxylic acids is 1. The molecule has 2 aromatic heterocycles. The Balaban J connectivity index is 2.60. The van der Waals surface area contributed by atoms with Crippen LogP contribution in [0.5, 0.6) is 0 Å². The average molecular weight is 294 g/mol. The fraction of sp³-hybridized carbons (Fsp3) is 0.250. The molecule has 2 rings (SSSR count). The van der Waals surface area contributed by atoms with Crippen LogP contribution in [0.4, 0.5) is 0 Å². The van der Waals surface area contributed by atoms with Crippen molar-refractivity contribution < 1.29 is 13.9 Å². The zero-order valence-electron chi connectivity index (χ0n) is 10.8. The summed E-state index contributed by atoms with van der Waals surface area (Å²) in [5.74, 6) is -0.942. The monoisotopic (exact) mass is 294 g/mol. The van der Waals surface area contributed by atoms with Gasteiger partial charge in [0.1, 0.15) is 6.26 Å². The quantitative estimate of drug-likeness (QED) is 0.431. The number of nitrogens with two attached hydrogens (primary N) is 1. The van der Waals surface area contributed by atoms with Crippen LogP contribution < -0.4 is 11.1 Å². The molecule has 0 fully saturated rings. The number of hydrogen-bond donors (Lipinski definition) is 3. The van der Waals surface area contributed by atoms with E-state index in [1.807, 2.05) is 0 Å². The number of thiophene rings is 1. The number of nitrogens with zero attached hydrogens (tertiary/aromatic N) is 1. The van der Waals surface area contributed by atoms with Crippen LogP contribution in [0.15, 0.2) is 33.7 Å². The summed E-state index contributed by atoms with van der Waals surface area (Å²) in [7, 11) is 0. The normalized spacial score (nSPS) is 13.4.